The van der Waals surface area contributed by atoms with E-state index in [2.05, 4.69) is 50.5 Å². The molecule has 0 bridgehead atoms. The van der Waals surface area contributed by atoms with E-state index < -0.39 is 0 Å². The first-order valence-corrected chi connectivity index (χ1v) is 7.41. The number of fused-ring (bicyclic) bond motifs is 1. The number of piperazine rings is 1. The zero-order chi connectivity index (χ0) is 14.2. The second kappa shape index (κ2) is 5.04. The molecule has 1 fully saturated rings. The van der Waals surface area contributed by atoms with E-state index in [4.69, 9.17) is 4.52 Å². The van der Waals surface area contributed by atoms with Gasteiger partial charge in [-0.1, -0.05) is 18.2 Å². The van der Waals surface area contributed by atoms with Gasteiger partial charge in [-0.3, -0.25) is 0 Å². The fourth-order valence-electron chi connectivity index (χ4n) is 2.95. The van der Waals surface area contributed by atoms with Crippen LogP contribution in [0.2, 0.25) is 0 Å². The van der Waals surface area contributed by atoms with Gasteiger partial charge >= 0.3 is 0 Å². The third-order valence-corrected chi connectivity index (χ3v) is 4.29. The van der Waals surface area contributed by atoms with Gasteiger partial charge in [0.2, 0.25) is 0 Å². The van der Waals surface area contributed by atoms with Crippen molar-refractivity contribution in [3.8, 4) is 0 Å². The molecule has 0 saturated carbocycles. The summed E-state index contributed by atoms with van der Waals surface area (Å²) in [5.41, 5.74) is 2.48. The molecule has 1 aromatic carbocycles. The first kappa shape index (κ1) is 12.6. The topological polar surface area (TPSA) is 57.4 Å². The highest BCUT2D eigenvalue weighted by Gasteiger charge is 2.28. The van der Waals surface area contributed by atoms with Gasteiger partial charge < -0.3 is 19.6 Å². The lowest BCUT2D eigenvalue weighted by atomic mass is 10.1. The molecule has 2 aliphatic rings. The van der Waals surface area contributed by atoms with E-state index in [0.29, 0.717) is 5.89 Å². The number of rotatable bonds is 2. The monoisotopic (exact) mass is 285 g/mol. The molecule has 2 aliphatic heterocycles. The molecular formula is C15H19N5O. The molecule has 0 spiro atoms. The predicted molar refractivity (Wildman–Crippen MR) is 80.5 cm³/mol. The average Bonchev–Trinajstić information content (AvgIpc) is 3.14. The number of nitrogens with zero attached hydrogens (tertiary/aromatic N) is 4. The van der Waals surface area contributed by atoms with Crippen LogP contribution in [0.5, 0.6) is 0 Å². The van der Waals surface area contributed by atoms with Crippen LogP contribution >= 0.6 is 0 Å². The molecule has 1 unspecified atom stereocenters. The molecule has 0 aliphatic carbocycles. The van der Waals surface area contributed by atoms with Gasteiger partial charge in [0.1, 0.15) is 6.04 Å². The van der Waals surface area contributed by atoms with Crippen molar-refractivity contribution in [3.05, 3.63) is 35.7 Å². The Morgan fingerprint density at radius 1 is 1.19 bits per heavy atom. The van der Waals surface area contributed by atoms with Gasteiger partial charge in [-0.05, 0) is 23.8 Å². The lowest BCUT2D eigenvalue weighted by molar-refractivity contribution is 0.308. The zero-order valence-corrected chi connectivity index (χ0v) is 12.1. The summed E-state index contributed by atoms with van der Waals surface area (Å²) >= 11 is 0. The minimum Gasteiger partial charge on any atom is -0.373 e. The van der Waals surface area contributed by atoms with Crippen molar-refractivity contribution in [2.45, 2.75) is 12.5 Å². The maximum atomic E-state index is 5.48. The number of anilines is 2. The number of aromatic nitrogens is 2. The molecule has 6 heteroatoms. The maximum Gasteiger partial charge on any atom is 0.266 e. The summed E-state index contributed by atoms with van der Waals surface area (Å²) in [6.07, 6.45) is 0.903. The van der Waals surface area contributed by atoms with Crippen LogP contribution in [-0.2, 0) is 6.42 Å². The zero-order valence-electron chi connectivity index (χ0n) is 12.1. The third kappa shape index (κ3) is 2.35. The van der Waals surface area contributed by atoms with Crippen molar-refractivity contribution in [1.82, 2.24) is 15.0 Å². The van der Waals surface area contributed by atoms with Gasteiger partial charge in [0, 0.05) is 38.3 Å². The van der Waals surface area contributed by atoms with E-state index in [9.17, 15) is 0 Å². The van der Waals surface area contributed by atoms with Crippen molar-refractivity contribution in [1.29, 1.82) is 0 Å². The molecule has 1 saturated heterocycles. The second-order valence-electron chi connectivity index (χ2n) is 5.78. The second-order valence-corrected chi connectivity index (χ2v) is 5.78. The Hall–Kier alpha value is -2.08. The Morgan fingerprint density at radius 3 is 2.81 bits per heavy atom. The van der Waals surface area contributed by atoms with E-state index in [1.54, 1.807) is 0 Å². The summed E-state index contributed by atoms with van der Waals surface area (Å²) in [4.78, 5) is 9.09. The highest BCUT2D eigenvalue weighted by molar-refractivity contribution is 5.57. The van der Waals surface area contributed by atoms with Crippen molar-refractivity contribution < 1.29 is 4.52 Å². The van der Waals surface area contributed by atoms with Crippen LogP contribution in [0.4, 0.5) is 11.6 Å². The van der Waals surface area contributed by atoms with Gasteiger partial charge in [-0.25, -0.2) is 0 Å². The molecule has 1 aromatic heterocycles. The first-order valence-electron chi connectivity index (χ1n) is 7.41. The quantitative estimate of drug-likeness (QED) is 0.903. The van der Waals surface area contributed by atoms with Crippen LogP contribution in [0.25, 0.3) is 0 Å². The SMILES string of the molecule is CN1CCN(c2noc(C3Cc4ccccc4N3)n2)CC1. The maximum absolute atomic E-state index is 5.48. The number of hydrogen-bond donors (Lipinski definition) is 1. The average molecular weight is 285 g/mol. The Balaban J connectivity index is 1.49. The Labute approximate surface area is 123 Å². The molecule has 0 radical (unpaired) electrons. The minimum absolute atomic E-state index is 0.0936. The molecule has 1 atom stereocenters. The van der Waals surface area contributed by atoms with E-state index in [1.165, 1.54) is 11.3 Å². The van der Waals surface area contributed by atoms with Crippen LogP contribution in [0.1, 0.15) is 17.5 Å². The molecular weight excluding hydrogens is 266 g/mol. The molecule has 21 heavy (non-hydrogen) atoms. The smallest absolute Gasteiger partial charge is 0.266 e. The van der Waals surface area contributed by atoms with Gasteiger partial charge in [-0.15, -0.1) is 0 Å². The summed E-state index contributed by atoms with van der Waals surface area (Å²) in [6.45, 7) is 3.98. The lowest BCUT2D eigenvalue weighted by Crippen LogP contribution is -2.44. The van der Waals surface area contributed by atoms with Gasteiger partial charge in [0.25, 0.3) is 11.8 Å². The van der Waals surface area contributed by atoms with Crippen molar-refractivity contribution in [2.24, 2.45) is 0 Å². The molecule has 2 aromatic rings. The van der Waals surface area contributed by atoms with Crippen LogP contribution < -0.4 is 10.2 Å². The minimum atomic E-state index is 0.0936. The molecule has 0 amide bonds. The van der Waals surface area contributed by atoms with Gasteiger partial charge in [-0.2, -0.15) is 4.98 Å². The first-order chi connectivity index (χ1) is 10.3. The lowest BCUT2D eigenvalue weighted by Gasteiger charge is -2.31. The molecule has 1 N–H and O–H groups in total. The number of benzene rings is 1. The van der Waals surface area contributed by atoms with E-state index in [-0.39, 0.29) is 6.04 Å². The number of nitrogens with one attached hydrogen (secondary N) is 1. The number of para-hydroxylation sites is 1. The van der Waals surface area contributed by atoms with Crippen molar-refractivity contribution in [2.75, 3.05) is 43.4 Å². The standard InChI is InChI=1S/C15H19N5O/c1-19-6-8-20(9-7-19)15-17-14(21-18-15)13-10-11-4-2-3-5-12(11)16-13/h2-5,13,16H,6-10H2,1H3. The fraction of sp³-hybridized carbons (Fsp3) is 0.467. The van der Waals surface area contributed by atoms with Crippen LogP contribution in [0.15, 0.2) is 28.8 Å². The van der Waals surface area contributed by atoms with E-state index in [0.717, 1.165) is 38.5 Å². The van der Waals surface area contributed by atoms with Crippen LogP contribution in [-0.4, -0.2) is 48.3 Å². The Morgan fingerprint density at radius 2 is 2.00 bits per heavy atom. The van der Waals surface area contributed by atoms with Crippen LogP contribution in [0, 0.1) is 0 Å². The highest BCUT2D eigenvalue weighted by Crippen LogP contribution is 2.33. The predicted octanol–water partition coefficient (Wildman–Crippen LogP) is 1.53. The highest BCUT2D eigenvalue weighted by atomic mass is 16.5. The molecule has 3 heterocycles. The summed E-state index contributed by atoms with van der Waals surface area (Å²) in [5.74, 6) is 1.40. The fourth-order valence-corrected chi connectivity index (χ4v) is 2.95. The number of hydrogen-bond acceptors (Lipinski definition) is 6. The Kier molecular flexibility index (Phi) is 3.03. The van der Waals surface area contributed by atoms with Crippen molar-refractivity contribution in [3.63, 3.8) is 0 Å². The van der Waals surface area contributed by atoms with Gasteiger partial charge in [0.05, 0.1) is 0 Å². The van der Waals surface area contributed by atoms with Crippen molar-refractivity contribution >= 4 is 11.6 Å². The van der Waals surface area contributed by atoms with E-state index >= 15 is 0 Å². The summed E-state index contributed by atoms with van der Waals surface area (Å²) in [6, 6.07) is 8.42. The summed E-state index contributed by atoms with van der Waals surface area (Å²) in [5, 5.41) is 7.60. The van der Waals surface area contributed by atoms with E-state index in [1.807, 2.05) is 6.07 Å². The van der Waals surface area contributed by atoms with Gasteiger partial charge in [0.15, 0.2) is 0 Å². The summed E-state index contributed by atoms with van der Waals surface area (Å²) in [7, 11) is 2.14. The molecule has 110 valence electrons. The third-order valence-electron chi connectivity index (χ3n) is 4.29. The normalized spacial score (nSPS) is 22.1. The Bertz CT molecular complexity index is 607. The number of likely N-dealkylation sites (N-methyl/N-ethyl adjacent to an activating group) is 1. The molecule has 4 rings (SSSR count). The summed E-state index contributed by atoms with van der Waals surface area (Å²) < 4.78 is 5.48. The molecule has 6 nitrogen and oxygen atoms in total. The van der Waals surface area contributed by atoms with Crippen LogP contribution in [0.3, 0.4) is 0 Å². The largest absolute Gasteiger partial charge is 0.373 e.